The van der Waals surface area contributed by atoms with Crippen LogP contribution in [0.1, 0.15) is 66.4 Å². The largest absolute Gasteiger partial charge is 0.294 e. The first-order chi connectivity index (χ1) is 8.68. The number of hydrogen-bond acceptors (Lipinski definition) is 1. The van der Waals surface area contributed by atoms with Crippen LogP contribution in [-0.4, -0.2) is 5.78 Å². The smallest absolute Gasteiger partial charge is 0.166 e. The highest BCUT2D eigenvalue weighted by Crippen LogP contribution is 2.26. The van der Waals surface area contributed by atoms with Crippen molar-refractivity contribution in [1.82, 2.24) is 0 Å². The zero-order valence-corrected chi connectivity index (χ0v) is 11.7. The molecule has 0 aliphatic heterocycles. The van der Waals surface area contributed by atoms with E-state index in [9.17, 15) is 4.79 Å². The van der Waals surface area contributed by atoms with Crippen molar-refractivity contribution in [3.8, 4) is 0 Å². The Morgan fingerprint density at radius 3 is 2.22 bits per heavy atom. The van der Waals surface area contributed by atoms with E-state index in [-0.39, 0.29) is 5.92 Å². The van der Waals surface area contributed by atoms with E-state index in [2.05, 4.69) is 26.0 Å². The second-order valence-corrected chi connectivity index (χ2v) is 5.72. The number of rotatable bonds is 2. The summed E-state index contributed by atoms with van der Waals surface area (Å²) in [6.45, 7) is 4.14. The highest BCUT2D eigenvalue weighted by atomic mass is 16.1. The van der Waals surface area contributed by atoms with Crippen molar-refractivity contribution in [2.24, 2.45) is 5.92 Å². The third kappa shape index (κ3) is 3.22. The highest BCUT2D eigenvalue weighted by molar-refractivity contribution is 5.99. The fourth-order valence-electron chi connectivity index (χ4n) is 3.03. The Kier molecular flexibility index (Phi) is 4.57. The second-order valence-electron chi connectivity index (χ2n) is 5.72. The summed E-state index contributed by atoms with van der Waals surface area (Å²) < 4.78 is 0. The molecule has 1 saturated carbocycles. The van der Waals surface area contributed by atoms with E-state index in [1.54, 1.807) is 0 Å². The summed E-state index contributed by atoms with van der Waals surface area (Å²) in [4.78, 5) is 12.6. The molecule has 1 nitrogen and oxygen atoms in total. The molecule has 0 unspecified atom stereocenters. The molecule has 1 aromatic rings. The second kappa shape index (κ2) is 6.17. The monoisotopic (exact) mass is 244 g/mol. The SMILES string of the molecule is Cc1ccc(C(=O)C2CCCCCCC2)c(C)c1. The minimum absolute atomic E-state index is 0.270. The molecular weight excluding hydrogens is 220 g/mol. The van der Waals surface area contributed by atoms with Crippen molar-refractivity contribution in [1.29, 1.82) is 0 Å². The molecule has 0 atom stereocenters. The fraction of sp³-hybridized carbons (Fsp3) is 0.588. The number of ketones is 1. The molecule has 98 valence electrons. The van der Waals surface area contributed by atoms with Crippen molar-refractivity contribution in [3.05, 3.63) is 34.9 Å². The number of carbonyl (C=O) groups excluding carboxylic acids is 1. The van der Waals surface area contributed by atoms with Gasteiger partial charge >= 0.3 is 0 Å². The standard InChI is InChI=1S/C17H24O/c1-13-10-11-16(14(2)12-13)17(18)15-8-6-4-3-5-7-9-15/h10-12,15H,3-9H2,1-2H3. The van der Waals surface area contributed by atoms with E-state index in [0.29, 0.717) is 5.78 Å². The van der Waals surface area contributed by atoms with Gasteiger partial charge in [0.2, 0.25) is 0 Å². The maximum absolute atomic E-state index is 12.6. The lowest BCUT2D eigenvalue weighted by atomic mass is 9.84. The average molecular weight is 244 g/mol. The van der Waals surface area contributed by atoms with Crippen LogP contribution >= 0.6 is 0 Å². The van der Waals surface area contributed by atoms with E-state index >= 15 is 0 Å². The van der Waals surface area contributed by atoms with Crippen LogP contribution in [0, 0.1) is 19.8 Å². The van der Waals surface area contributed by atoms with E-state index < -0.39 is 0 Å². The lowest BCUT2D eigenvalue weighted by Crippen LogP contribution is -2.17. The van der Waals surface area contributed by atoms with Crippen molar-refractivity contribution < 1.29 is 4.79 Å². The van der Waals surface area contributed by atoms with Gasteiger partial charge in [0, 0.05) is 11.5 Å². The van der Waals surface area contributed by atoms with Gasteiger partial charge in [0.15, 0.2) is 5.78 Å². The van der Waals surface area contributed by atoms with Crippen LogP contribution < -0.4 is 0 Å². The van der Waals surface area contributed by atoms with Crippen LogP contribution in [0.5, 0.6) is 0 Å². The number of benzene rings is 1. The summed E-state index contributed by atoms with van der Waals surface area (Å²) in [6, 6.07) is 6.20. The molecule has 18 heavy (non-hydrogen) atoms. The van der Waals surface area contributed by atoms with Crippen LogP contribution in [0.2, 0.25) is 0 Å². The van der Waals surface area contributed by atoms with Crippen molar-refractivity contribution in [3.63, 3.8) is 0 Å². The lowest BCUT2D eigenvalue weighted by molar-refractivity contribution is 0.0897. The van der Waals surface area contributed by atoms with Gasteiger partial charge in [-0.15, -0.1) is 0 Å². The molecule has 0 bridgehead atoms. The molecule has 1 heteroatoms. The summed E-state index contributed by atoms with van der Waals surface area (Å²) in [5.74, 6) is 0.654. The van der Waals surface area contributed by atoms with Gasteiger partial charge in [-0.2, -0.15) is 0 Å². The van der Waals surface area contributed by atoms with E-state index in [0.717, 1.165) is 24.0 Å². The summed E-state index contributed by atoms with van der Waals surface area (Å²) in [5, 5.41) is 0. The van der Waals surface area contributed by atoms with Gasteiger partial charge in [0.05, 0.1) is 0 Å². The van der Waals surface area contributed by atoms with Crippen molar-refractivity contribution in [2.75, 3.05) is 0 Å². The van der Waals surface area contributed by atoms with Gasteiger partial charge in [-0.05, 0) is 32.3 Å². The Morgan fingerprint density at radius 1 is 1.00 bits per heavy atom. The van der Waals surface area contributed by atoms with Crippen molar-refractivity contribution in [2.45, 2.75) is 58.8 Å². The minimum atomic E-state index is 0.270. The molecule has 1 aliphatic rings. The molecule has 0 spiro atoms. The van der Waals surface area contributed by atoms with Gasteiger partial charge in [-0.25, -0.2) is 0 Å². The molecule has 1 aromatic carbocycles. The Labute approximate surface area is 111 Å². The third-order valence-corrected chi connectivity index (χ3v) is 4.12. The van der Waals surface area contributed by atoms with Crippen molar-refractivity contribution >= 4 is 5.78 Å². The van der Waals surface area contributed by atoms with Crippen LogP contribution in [0.3, 0.4) is 0 Å². The zero-order chi connectivity index (χ0) is 13.0. The first-order valence-corrected chi connectivity index (χ1v) is 7.30. The molecular formula is C17H24O. The molecule has 0 aromatic heterocycles. The molecule has 0 heterocycles. The maximum atomic E-state index is 12.6. The van der Waals surface area contributed by atoms with Crippen LogP contribution in [0.4, 0.5) is 0 Å². The molecule has 0 saturated heterocycles. The Bertz CT molecular complexity index is 412. The predicted molar refractivity (Wildman–Crippen MR) is 76.1 cm³/mol. The summed E-state index contributed by atoms with van der Waals surface area (Å²) >= 11 is 0. The van der Waals surface area contributed by atoms with Gasteiger partial charge in [0.1, 0.15) is 0 Å². The Hall–Kier alpha value is -1.11. The topological polar surface area (TPSA) is 17.1 Å². The van der Waals surface area contributed by atoms with Gasteiger partial charge in [-0.1, -0.05) is 55.9 Å². The lowest BCUT2D eigenvalue weighted by Gasteiger charge is -2.19. The van der Waals surface area contributed by atoms with Crippen LogP contribution in [-0.2, 0) is 0 Å². The summed E-state index contributed by atoms with van der Waals surface area (Å²) in [6.07, 6.45) is 8.58. The van der Waals surface area contributed by atoms with E-state index in [4.69, 9.17) is 0 Å². The molecule has 2 rings (SSSR count). The highest BCUT2D eigenvalue weighted by Gasteiger charge is 2.21. The number of hydrogen-bond donors (Lipinski definition) is 0. The first-order valence-electron chi connectivity index (χ1n) is 7.30. The number of carbonyl (C=O) groups is 1. The van der Waals surface area contributed by atoms with Crippen LogP contribution in [0.15, 0.2) is 18.2 Å². The van der Waals surface area contributed by atoms with Crippen LogP contribution in [0.25, 0.3) is 0 Å². The van der Waals surface area contributed by atoms with E-state index in [1.807, 2.05) is 6.07 Å². The molecule has 0 N–H and O–H groups in total. The predicted octanol–water partition coefficient (Wildman–Crippen LogP) is 4.85. The van der Waals surface area contributed by atoms with Gasteiger partial charge in [0.25, 0.3) is 0 Å². The number of aryl methyl sites for hydroxylation is 2. The molecule has 0 amide bonds. The Morgan fingerprint density at radius 2 is 1.61 bits per heavy atom. The zero-order valence-electron chi connectivity index (χ0n) is 11.7. The van der Waals surface area contributed by atoms with Gasteiger partial charge < -0.3 is 0 Å². The summed E-state index contributed by atoms with van der Waals surface area (Å²) in [5.41, 5.74) is 3.33. The Balaban J connectivity index is 2.13. The normalized spacial score (nSPS) is 18.1. The average Bonchev–Trinajstić information content (AvgIpc) is 2.27. The maximum Gasteiger partial charge on any atom is 0.166 e. The molecule has 0 radical (unpaired) electrons. The third-order valence-electron chi connectivity index (χ3n) is 4.12. The summed E-state index contributed by atoms with van der Waals surface area (Å²) in [7, 11) is 0. The van der Waals surface area contributed by atoms with Gasteiger partial charge in [-0.3, -0.25) is 4.79 Å². The number of Topliss-reactive ketones (excluding diaryl/α,β-unsaturated/α-hetero) is 1. The quantitative estimate of drug-likeness (QED) is 0.680. The van der Waals surface area contributed by atoms with E-state index in [1.165, 1.54) is 37.7 Å². The fourth-order valence-corrected chi connectivity index (χ4v) is 3.03. The molecule has 1 fully saturated rings. The minimum Gasteiger partial charge on any atom is -0.294 e. The first kappa shape index (κ1) is 13.3. The molecule has 1 aliphatic carbocycles.